The Bertz CT molecular complexity index is 2610. The molecule has 1 saturated heterocycles. The standard InChI is InChI=1S/C48H60N8O14/c1-4-28-31(68-3)17-32(69-45-43(64)44(65)47(66,48(67,22-58)70-45)18-27(24-11-12-53-34(50)16-24)21-56-35(59)9-10-36(56)60)39-37(28)40(61)29-15-26(14-23(6-5-13-57)25-7-8-33(49)54-19-25)30(20-55-46(51)52-2)41(62)38(29)42(39)63/h7-11,15-17,19,23,27,33,43-45,53-54,57-58,62,64-67H,4-6,12-14,18,20-22,49-50H2,1-3H3,(H3,51,52,55). The fourth-order valence-electron chi connectivity index (χ4n) is 9.66. The van der Waals surface area contributed by atoms with Gasteiger partial charge in [-0.15, -0.1) is 0 Å². The highest BCUT2D eigenvalue weighted by Crippen LogP contribution is 2.48. The zero-order chi connectivity index (χ0) is 50.8. The number of hydrogen-bond donors (Lipinski definition) is 13. The van der Waals surface area contributed by atoms with Gasteiger partial charge in [-0.3, -0.25) is 29.1 Å². The van der Waals surface area contributed by atoms with Crippen LogP contribution in [0.1, 0.15) is 74.7 Å². The Labute approximate surface area is 402 Å². The number of fused-ring (bicyclic) bond motifs is 2. The minimum atomic E-state index is -3.16. The average molecular weight is 973 g/mol. The number of nitrogens with one attached hydrogen (secondary N) is 3. The van der Waals surface area contributed by atoms with E-state index < -0.39 is 108 Å². The van der Waals surface area contributed by atoms with E-state index in [4.69, 9.17) is 31.4 Å². The molecule has 1 fully saturated rings. The molecule has 0 bridgehead atoms. The molecule has 5 aliphatic rings. The first-order valence-electron chi connectivity index (χ1n) is 22.7. The number of nitrogens with zero attached hydrogens (tertiary/aromatic N) is 2. The zero-order valence-electron chi connectivity index (χ0n) is 38.8. The van der Waals surface area contributed by atoms with Crippen LogP contribution in [0.4, 0.5) is 0 Å². The molecule has 8 atom stereocenters. The van der Waals surface area contributed by atoms with Crippen molar-refractivity contribution in [3.63, 3.8) is 0 Å². The summed E-state index contributed by atoms with van der Waals surface area (Å²) in [5, 5.41) is 89.5. The third-order valence-electron chi connectivity index (χ3n) is 13.5. The fraction of sp³-hybridized carbons (Fsp3) is 0.438. The Morgan fingerprint density at radius 3 is 2.36 bits per heavy atom. The number of ketones is 2. The van der Waals surface area contributed by atoms with Gasteiger partial charge >= 0.3 is 0 Å². The van der Waals surface area contributed by atoms with Crippen LogP contribution in [-0.4, -0.2) is 146 Å². The van der Waals surface area contributed by atoms with E-state index in [9.17, 15) is 45.3 Å². The second-order valence-corrected chi connectivity index (χ2v) is 17.6. The monoisotopic (exact) mass is 972 g/mol. The predicted molar refractivity (Wildman–Crippen MR) is 250 cm³/mol. The molecule has 70 heavy (non-hydrogen) atoms. The summed E-state index contributed by atoms with van der Waals surface area (Å²) in [7, 11) is 2.76. The number of guanidine groups is 1. The number of benzene rings is 2. The molecule has 2 amide bonds. The summed E-state index contributed by atoms with van der Waals surface area (Å²) >= 11 is 0. The quantitative estimate of drug-likeness (QED) is 0.0378. The number of carbonyl (C=O) groups excluding carboxylic acids is 4. The molecule has 0 radical (unpaired) electrons. The zero-order valence-corrected chi connectivity index (χ0v) is 38.8. The number of dihydropyridines is 2. The van der Waals surface area contributed by atoms with Crippen molar-refractivity contribution in [3.8, 4) is 17.2 Å². The van der Waals surface area contributed by atoms with Crippen LogP contribution in [0.25, 0.3) is 0 Å². The number of methoxy groups -OCH3 is 1. The van der Waals surface area contributed by atoms with Crippen LogP contribution in [0, 0.1) is 11.8 Å². The Kier molecular flexibility index (Phi) is 15.2. The van der Waals surface area contributed by atoms with E-state index in [1.54, 1.807) is 25.3 Å². The van der Waals surface area contributed by atoms with Crippen molar-refractivity contribution in [2.45, 2.75) is 81.6 Å². The molecule has 4 aliphatic heterocycles. The summed E-state index contributed by atoms with van der Waals surface area (Å²) in [5.74, 6) is -8.24. The third kappa shape index (κ3) is 9.51. The van der Waals surface area contributed by atoms with Gasteiger partial charge in [0.25, 0.3) is 11.8 Å². The maximum Gasteiger partial charge on any atom is 0.253 e. The number of aromatic hydroxyl groups is 1. The van der Waals surface area contributed by atoms with E-state index in [2.05, 4.69) is 20.9 Å². The number of nitrogens with two attached hydrogens (primary N) is 3. The summed E-state index contributed by atoms with van der Waals surface area (Å²) < 4.78 is 17.6. The van der Waals surface area contributed by atoms with Gasteiger partial charge in [0, 0.05) is 85.9 Å². The summed E-state index contributed by atoms with van der Waals surface area (Å²) in [6, 6.07) is 2.76. The number of ether oxygens (including phenoxy) is 3. The number of aliphatic hydroxyl groups excluding tert-OH is 4. The van der Waals surface area contributed by atoms with E-state index in [-0.39, 0.29) is 78.2 Å². The number of carbonyl (C=O) groups is 4. The topological polar surface area (TPSA) is 367 Å². The molecule has 8 unspecified atom stereocenters. The second kappa shape index (κ2) is 20.8. The van der Waals surface area contributed by atoms with Crippen molar-refractivity contribution in [1.29, 1.82) is 0 Å². The van der Waals surface area contributed by atoms with Crippen LogP contribution in [0.15, 0.2) is 76.7 Å². The van der Waals surface area contributed by atoms with Gasteiger partial charge in [-0.1, -0.05) is 19.1 Å². The first-order valence-corrected chi connectivity index (χ1v) is 22.7. The Hall–Kier alpha value is -6.63. The van der Waals surface area contributed by atoms with Crippen LogP contribution in [0.3, 0.4) is 0 Å². The summed E-state index contributed by atoms with van der Waals surface area (Å²) in [6.45, 7) is -0.137. The minimum Gasteiger partial charge on any atom is -0.507 e. The Morgan fingerprint density at radius 1 is 1.01 bits per heavy atom. The molecule has 2 aromatic carbocycles. The van der Waals surface area contributed by atoms with Gasteiger partial charge < -0.3 is 83.1 Å². The van der Waals surface area contributed by atoms with Crippen LogP contribution < -0.4 is 42.6 Å². The lowest BCUT2D eigenvalue weighted by atomic mass is 9.73. The Morgan fingerprint density at radius 2 is 1.74 bits per heavy atom. The fourth-order valence-corrected chi connectivity index (χ4v) is 9.66. The van der Waals surface area contributed by atoms with Gasteiger partial charge in [0.1, 0.15) is 41.7 Å². The molecular formula is C48H60N8O14. The number of rotatable bonds is 18. The number of hydrogen-bond acceptors (Lipinski definition) is 19. The van der Waals surface area contributed by atoms with E-state index >= 15 is 9.59 Å². The van der Waals surface area contributed by atoms with Gasteiger partial charge in [-0.05, 0) is 73.0 Å². The minimum absolute atomic E-state index is 0.0108. The van der Waals surface area contributed by atoms with E-state index in [1.807, 2.05) is 6.08 Å². The molecule has 22 heteroatoms. The van der Waals surface area contributed by atoms with E-state index in [0.29, 0.717) is 24.0 Å². The second-order valence-electron chi connectivity index (χ2n) is 17.6. The first-order chi connectivity index (χ1) is 33.3. The van der Waals surface area contributed by atoms with Crippen LogP contribution >= 0.6 is 0 Å². The summed E-state index contributed by atoms with van der Waals surface area (Å²) in [5.41, 5.74) is 16.1. The number of phenolic OH excluding ortho intramolecular Hbond substituents is 1. The smallest absolute Gasteiger partial charge is 0.253 e. The molecule has 2 aromatic rings. The van der Waals surface area contributed by atoms with Gasteiger partial charge in [-0.2, -0.15) is 0 Å². The van der Waals surface area contributed by atoms with Gasteiger partial charge in [0.15, 0.2) is 11.7 Å². The molecule has 0 saturated carbocycles. The van der Waals surface area contributed by atoms with Crippen LogP contribution in [0.5, 0.6) is 17.2 Å². The number of imide groups is 1. The largest absolute Gasteiger partial charge is 0.507 e. The molecule has 7 rings (SSSR count). The van der Waals surface area contributed by atoms with Crippen molar-refractivity contribution in [2.24, 2.45) is 34.0 Å². The maximum atomic E-state index is 15.1. The lowest BCUT2D eigenvalue weighted by Gasteiger charge is -2.53. The SMILES string of the molecule is CCc1c(OC)cc(OC2OC(O)(CO)C(O)(CC(CN3C(=O)C=CC3=O)C3=CCNC(N)=C3)C(O)C2O)c2c1C(=O)c1cc(CC(CCCO)C3=CNC(N)C=C3)c(CNC(N)=NC)c(O)c1C2=O. The average Bonchev–Trinajstić information content (AvgIpc) is 3.66. The predicted octanol–water partition coefficient (Wildman–Crippen LogP) is -1.84. The molecule has 1 aliphatic carbocycles. The maximum absolute atomic E-state index is 15.1. The van der Waals surface area contributed by atoms with E-state index in [1.165, 1.54) is 32.4 Å². The van der Waals surface area contributed by atoms with Crippen molar-refractivity contribution in [2.75, 3.05) is 40.5 Å². The number of aliphatic hydroxyl groups is 6. The molecule has 4 heterocycles. The van der Waals surface area contributed by atoms with Crippen molar-refractivity contribution in [3.05, 3.63) is 111 Å². The molecular weight excluding hydrogens is 913 g/mol. The number of aliphatic imine (C=N–C) groups is 1. The highest BCUT2D eigenvalue weighted by molar-refractivity contribution is 6.31. The normalized spacial score (nSPS) is 26.1. The molecule has 0 aromatic heterocycles. The molecule has 376 valence electrons. The van der Waals surface area contributed by atoms with Gasteiger partial charge in [0.05, 0.1) is 30.2 Å². The number of phenols is 1. The lowest BCUT2D eigenvalue weighted by Crippen LogP contribution is -2.75. The van der Waals surface area contributed by atoms with Crippen LogP contribution in [-0.2, 0) is 33.7 Å². The third-order valence-corrected chi connectivity index (χ3v) is 13.5. The number of allylic oxidation sites excluding steroid dienone is 3. The van der Waals surface area contributed by atoms with Crippen LogP contribution in [0.2, 0.25) is 0 Å². The molecule has 22 nitrogen and oxygen atoms in total. The highest BCUT2D eigenvalue weighted by atomic mass is 16.8. The van der Waals surface area contributed by atoms with Crippen molar-refractivity contribution >= 4 is 29.3 Å². The summed E-state index contributed by atoms with van der Waals surface area (Å²) in [4.78, 5) is 60.3. The Balaban J connectivity index is 1.29. The lowest BCUT2D eigenvalue weighted by molar-refractivity contribution is -0.420. The molecule has 16 N–H and O–H groups in total. The van der Waals surface area contributed by atoms with Gasteiger partial charge in [-0.25, -0.2) is 0 Å². The van der Waals surface area contributed by atoms with E-state index in [0.717, 1.165) is 22.6 Å². The highest BCUT2D eigenvalue weighted by Gasteiger charge is 2.65. The number of amides is 2. The van der Waals surface area contributed by atoms with Gasteiger partial charge in [0.2, 0.25) is 17.9 Å². The van der Waals surface area contributed by atoms with Crippen molar-refractivity contribution < 1.29 is 69.1 Å². The molecule has 0 spiro atoms. The van der Waals surface area contributed by atoms with Crippen molar-refractivity contribution in [1.82, 2.24) is 20.9 Å². The summed E-state index contributed by atoms with van der Waals surface area (Å²) in [6.07, 6.45) is 3.86. The first kappa shape index (κ1) is 51.2.